The minimum absolute atomic E-state index is 0.0155. The molecule has 0 aliphatic carbocycles. The maximum Gasteiger partial charge on any atom is 0.410 e. The van der Waals surface area contributed by atoms with Gasteiger partial charge in [0.25, 0.3) is 0 Å². The second kappa shape index (κ2) is 6.44. The minimum Gasteiger partial charge on any atom is -0.480 e. The summed E-state index contributed by atoms with van der Waals surface area (Å²) >= 11 is 0. The maximum absolute atomic E-state index is 13.0. The van der Waals surface area contributed by atoms with Crippen LogP contribution in [0.5, 0.6) is 0 Å². The highest BCUT2D eigenvalue weighted by Gasteiger charge is 2.36. The Balaban J connectivity index is 2.13. The van der Waals surface area contributed by atoms with Crippen LogP contribution in [0, 0.1) is 5.82 Å². The number of rotatable bonds is 2. The summed E-state index contributed by atoms with van der Waals surface area (Å²) < 4.78 is 18.3. The summed E-state index contributed by atoms with van der Waals surface area (Å²) in [5.41, 5.74) is -0.0215. The Morgan fingerprint density at radius 2 is 1.83 bits per heavy atom. The summed E-state index contributed by atoms with van der Waals surface area (Å²) in [6.07, 6.45) is -0.525. The van der Waals surface area contributed by atoms with E-state index in [0.29, 0.717) is 18.8 Å². The lowest BCUT2D eigenvalue weighted by Crippen LogP contribution is -2.58. The van der Waals surface area contributed by atoms with Gasteiger partial charge in [-0.05, 0) is 45.0 Å². The van der Waals surface area contributed by atoms with E-state index in [1.165, 1.54) is 29.2 Å². The van der Waals surface area contributed by atoms with Gasteiger partial charge in [-0.1, -0.05) is 0 Å². The van der Waals surface area contributed by atoms with Crippen LogP contribution >= 0.6 is 0 Å². The Morgan fingerprint density at radius 1 is 1.22 bits per heavy atom. The lowest BCUT2D eigenvalue weighted by molar-refractivity contribution is -0.139. The van der Waals surface area contributed by atoms with Crippen LogP contribution in [0.25, 0.3) is 0 Å². The molecule has 1 aliphatic heterocycles. The fourth-order valence-corrected chi connectivity index (χ4v) is 2.43. The van der Waals surface area contributed by atoms with E-state index in [1.54, 1.807) is 25.7 Å². The Labute approximate surface area is 134 Å². The third-order valence-corrected chi connectivity index (χ3v) is 3.48. The first kappa shape index (κ1) is 17.1. The lowest BCUT2D eigenvalue weighted by Gasteiger charge is -2.40. The number of aliphatic carboxylic acids is 1. The molecule has 1 atom stereocenters. The number of ether oxygens (including phenoxy) is 1. The molecule has 7 heteroatoms. The molecule has 0 spiro atoms. The van der Waals surface area contributed by atoms with E-state index in [-0.39, 0.29) is 12.4 Å². The maximum atomic E-state index is 13.0. The van der Waals surface area contributed by atoms with Crippen LogP contribution in [-0.2, 0) is 9.53 Å². The molecule has 1 aromatic rings. The van der Waals surface area contributed by atoms with Crippen molar-refractivity contribution in [1.29, 1.82) is 0 Å². The normalized spacial score (nSPS) is 18.7. The van der Waals surface area contributed by atoms with E-state index in [1.807, 2.05) is 0 Å². The molecular formula is C16H21FN2O4. The summed E-state index contributed by atoms with van der Waals surface area (Å²) in [6.45, 7) is 5.97. The number of benzene rings is 1. The number of carboxylic acid groups (broad SMARTS) is 1. The molecule has 0 aromatic heterocycles. The second-order valence-electron chi connectivity index (χ2n) is 6.45. The van der Waals surface area contributed by atoms with Gasteiger partial charge in [0.2, 0.25) is 0 Å². The minimum atomic E-state index is -1.04. The van der Waals surface area contributed by atoms with E-state index in [0.717, 1.165) is 0 Å². The number of hydrogen-bond donors (Lipinski definition) is 1. The zero-order valence-corrected chi connectivity index (χ0v) is 13.5. The van der Waals surface area contributed by atoms with Gasteiger partial charge in [-0.25, -0.2) is 14.0 Å². The van der Waals surface area contributed by atoms with Crippen molar-refractivity contribution in [3.63, 3.8) is 0 Å². The summed E-state index contributed by atoms with van der Waals surface area (Å²) in [5, 5.41) is 9.46. The SMILES string of the molecule is CC(C)(C)OC(=O)N1CCN(c2ccc(F)cc2)C(C(=O)O)C1. The van der Waals surface area contributed by atoms with E-state index in [2.05, 4.69) is 0 Å². The summed E-state index contributed by atoms with van der Waals surface area (Å²) in [6, 6.07) is 4.74. The van der Waals surface area contributed by atoms with Gasteiger partial charge >= 0.3 is 12.1 Å². The zero-order valence-electron chi connectivity index (χ0n) is 13.5. The molecule has 1 amide bonds. The summed E-state index contributed by atoms with van der Waals surface area (Å²) in [4.78, 5) is 26.7. The van der Waals surface area contributed by atoms with Crippen molar-refractivity contribution in [3.8, 4) is 0 Å². The van der Waals surface area contributed by atoms with Crippen LogP contribution in [0.15, 0.2) is 24.3 Å². The number of carbonyl (C=O) groups excluding carboxylic acids is 1. The van der Waals surface area contributed by atoms with Crippen LogP contribution in [0.2, 0.25) is 0 Å². The van der Waals surface area contributed by atoms with Gasteiger partial charge in [0, 0.05) is 18.8 Å². The number of piperazine rings is 1. The van der Waals surface area contributed by atoms with Crippen molar-refractivity contribution < 1.29 is 23.8 Å². The van der Waals surface area contributed by atoms with E-state index in [9.17, 15) is 19.1 Å². The third-order valence-electron chi connectivity index (χ3n) is 3.48. The van der Waals surface area contributed by atoms with Gasteiger partial charge in [-0.2, -0.15) is 0 Å². The third kappa shape index (κ3) is 4.34. The predicted octanol–water partition coefficient (Wildman–Crippen LogP) is 2.34. The van der Waals surface area contributed by atoms with Crippen molar-refractivity contribution in [2.24, 2.45) is 0 Å². The molecule has 1 aromatic carbocycles. The molecule has 0 bridgehead atoms. The van der Waals surface area contributed by atoms with Crippen LogP contribution in [0.3, 0.4) is 0 Å². The van der Waals surface area contributed by atoms with Gasteiger partial charge in [-0.3, -0.25) is 0 Å². The highest BCUT2D eigenvalue weighted by Crippen LogP contribution is 2.22. The van der Waals surface area contributed by atoms with Crippen LogP contribution in [0.4, 0.5) is 14.9 Å². The number of anilines is 1. The number of hydrogen-bond acceptors (Lipinski definition) is 4. The zero-order chi connectivity index (χ0) is 17.2. The van der Waals surface area contributed by atoms with Crippen molar-refractivity contribution in [1.82, 2.24) is 4.90 Å². The first-order chi connectivity index (χ1) is 10.7. The molecule has 6 nitrogen and oxygen atoms in total. The van der Waals surface area contributed by atoms with Gasteiger partial charge < -0.3 is 19.6 Å². The monoisotopic (exact) mass is 324 g/mol. The molecule has 0 radical (unpaired) electrons. The van der Waals surface area contributed by atoms with Gasteiger partial charge in [-0.15, -0.1) is 0 Å². The van der Waals surface area contributed by atoms with Crippen molar-refractivity contribution >= 4 is 17.7 Å². The Hall–Kier alpha value is -2.31. The predicted molar refractivity (Wildman–Crippen MR) is 83.0 cm³/mol. The molecule has 1 saturated heterocycles. The molecule has 1 aliphatic rings. The standard InChI is InChI=1S/C16H21FN2O4/c1-16(2,3)23-15(22)18-8-9-19(13(10-18)14(20)21)12-6-4-11(17)5-7-12/h4-7,13H,8-10H2,1-3H3,(H,20,21). The van der Waals surface area contributed by atoms with Gasteiger partial charge in [0.05, 0.1) is 6.54 Å². The van der Waals surface area contributed by atoms with Gasteiger partial charge in [0.15, 0.2) is 0 Å². The van der Waals surface area contributed by atoms with Crippen LogP contribution in [-0.4, -0.2) is 53.3 Å². The smallest absolute Gasteiger partial charge is 0.410 e. The number of carboxylic acids is 1. The molecule has 23 heavy (non-hydrogen) atoms. The molecule has 0 saturated carbocycles. The molecule has 1 N–H and O–H groups in total. The van der Waals surface area contributed by atoms with Crippen molar-refractivity contribution in [2.75, 3.05) is 24.5 Å². The average Bonchev–Trinajstić information content (AvgIpc) is 2.45. The number of amides is 1. The molecule has 126 valence electrons. The van der Waals surface area contributed by atoms with E-state index < -0.39 is 23.7 Å². The Bertz CT molecular complexity index is 583. The van der Waals surface area contributed by atoms with Crippen LogP contribution < -0.4 is 4.90 Å². The number of carbonyl (C=O) groups is 2. The first-order valence-electron chi connectivity index (χ1n) is 7.40. The number of nitrogens with zero attached hydrogens (tertiary/aromatic N) is 2. The molecule has 2 rings (SSSR count). The second-order valence-corrected chi connectivity index (χ2v) is 6.45. The Morgan fingerprint density at radius 3 is 2.35 bits per heavy atom. The van der Waals surface area contributed by atoms with Crippen molar-refractivity contribution in [2.45, 2.75) is 32.4 Å². The average molecular weight is 324 g/mol. The van der Waals surface area contributed by atoms with E-state index >= 15 is 0 Å². The van der Waals surface area contributed by atoms with E-state index in [4.69, 9.17) is 4.74 Å². The Kier molecular flexibility index (Phi) is 4.77. The topological polar surface area (TPSA) is 70.1 Å². The largest absolute Gasteiger partial charge is 0.480 e. The summed E-state index contributed by atoms with van der Waals surface area (Å²) in [5.74, 6) is -1.42. The van der Waals surface area contributed by atoms with Crippen molar-refractivity contribution in [3.05, 3.63) is 30.1 Å². The highest BCUT2D eigenvalue weighted by atomic mass is 19.1. The van der Waals surface area contributed by atoms with Crippen LogP contribution in [0.1, 0.15) is 20.8 Å². The molecule has 1 unspecified atom stereocenters. The molecule has 1 fully saturated rings. The first-order valence-corrected chi connectivity index (χ1v) is 7.40. The van der Waals surface area contributed by atoms with Gasteiger partial charge in [0.1, 0.15) is 17.5 Å². The highest BCUT2D eigenvalue weighted by molar-refractivity contribution is 5.80. The quantitative estimate of drug-likeness (QED) is 0.904. The fraction of sp³-hybridized carbons (Fsp3) is 0.500. The lowest BCUT2D eigenvalue weighted by atomic mass is 10.1. The molecule has 1 heterocycles. The number of halogens is 1. The fourth-order valence-electron chi connectivity index (χ4n) is 2.43. The summed E-state index contributed by atoms with van der Waals surface area (Å²) in [7, 11) is 0. The molecular weight excluding hydrogens is 303 g/mol.